The predicted octanol–water partition coefficient (Wildman–Crippen LogP) is 8.27. The molecule has 24 heavy (non-hydrogen) atoms. The largest absolute Gasteiger partial charge is 0.0939 e. The Hall–Kier alpha value is 0.430. The fraction of sp³-hybridized carbons (Fsp3) is 1.00. The van der Waals surface area contributed by atoms with Crippen molar-refractivity contribution in [3.63, 3.8) is 0 Å². The second-order valence-electron chi connectivity index (χ2n) is 10.5. The highest BCUT2D eigenvalue weighted by Crippen LogP contribution is 2.69. The fourth-order valence-corrected chi connectivity index (χ4v) is 12.0. The molecule has 0 saturated heterocycles. The summed E-state index contributed by atoms with van der Waals surface area (Å²) in [5, 5.41) is 0.760. The van der Waals surface area contributed by atoms with Crippen LogP contribution >= 0.6 is 7.92 Å². The molecule has 0 aromatic rings. The van der Waals surface area contributed by atoms with Gasteiger partial charge in [-0.15, -0.1) is 0 Å². The Balaban J connectivity index is 1.89. The first-order chi connectivity index (χ1) is 11.5. The Bertz CT molecular complexity index is 344. The van der Waals surface area contributed by atoms with Crippen LogP contribution in [0.25, 0.3) is 0 Å². The van der Waals surface area contributed by atoms with Gasteiger partial charge in [-0.25, -0.2) is 0 Å². The van der Waals surface area contributed by atoms with E-state index in [-0.39, 0.29) is 7.92 Å². The van der Waals surface area contributed by atoms with E-state index in [2.05, 4.69) is 20.8 Å². The first kappa shape index (κ1) is 19.2. The van der Waals surface area contributed by atoms with Crippen LogP contribution in [0.1, 0.15) is 124 Å². The number of hydrogen-bond acceptors (Lipinski definition) is 0. The van der Waals surface area contributed by atoms with Crippen molar-refractivity contribution in [1.82, 2.24) is 0 Å². The smallest absolute Gasteiger partial charge is 0.00845 e. The van der Waals surface area contributed by atoms with Gasteiger partial charge in [-0.3, -0.25) is 0 Å². The van der Waals surface area contributed by atoms with Crippen LogP contribution in [0.4, 0.5) is 0 Å². The molecule has 0 nitrogen and oxygen atoms in total. The Kier molecular flexibility index (Phi) is 6.73. The van der Waals surface area contributed by atoms with Gasteiger partial charge in [-0.1, -0.05) is 86.5 Å². The molecule has 140 valence electrons. The maximum absolute atomic E-state index is 2.53. The van der Waals surface area contributed by atoms with Gasteiger partial charge in [0.15, 0.2) is 0 Å². The van der Waals surface area contributed by atoms with Crippen molar-refractivity contribution in [2.75, 3.05) is 0 Å². The van der Waals surface area contributed by atoms with Crippen LogP contribution in [0, 0.1) is 5.41 Å². The van der Waals surface area contributed by atoms with Crippen molar-refractivity contribution < 1.29 is 0 Å². The molecular weight excluding hydrogens is 307 g/mol. The first-order valence-corrected chi connectivity index (χ1v) is 12.8. The van der Waals surface area contributed by atoms with Gasteiger partial charge in [0.25, 0.3) is 0 Å². The lowest BCUT2D eigenvalue weighted by Crippen LogP contribution is -2.41. The zero-order valence-corrected chi connectivity index (χ0v) is 17.8. The number of hydrogen-bond donors (Lipinski definition) is 0. The highest BCUT2D eigenvalue weighted by Gasteiger charge is 2.48. The molecule has 0 bridgehead atoms. The van der Waals surface area contributed by atoms with Gasteiger partial charge < -0.3 is 0 Å². The fourth-order valence-electron chi connectivity index (χ4n) is 6.51. The Morgan fingerprint density at radius 1 is 0.667 bits per heavy atom. The van der Waals surface area contributed by atoms with Crippen LogP contribution in [-0.4, -0.2) is 16.5 Å². The molecule has 0 N–H and O–H groups in total. The Labute approximate surface area is 153 Å². The summed E-state index contributed by atoms with van der Waals surface area (Å²) in [7, 11) is 0.236. The third kappa shape index (κ3) is 4.78. The molecule has 0 aromatic heterocycles. The van der Waals surface area contributed by atoms with Crippen molar-refractivity contribution in [3.8, 4) is 0 Å². The third-order valence-corrected chi connectivity index (χ3v) is 11.4. The molecule has 0 spiro atoms. The summed E-state index contributed by atoms with van der Waals surface area (Å²) < 4.78 is 0. The summed E-state index contributed by atoms with van der Waals surface area (Å²) in [6.45, 7) is 7.58. The van der Waals surface area contributed by atoms with Gasteiger partial charge >= 0.3 is 0 Å². The van der Waals surface area contributed by atoms with Crippen LogP contribution in [0.3, 0.4) is 0 Å². The average Bonchev–Trinajstić information content (AvgIpc) is 2.56. The summed E-state index contributed by atoms with van der Waals surface area (Å²) in [6.07, 6.45) is 24.9. The molecule has 0 radical (unpaired) electrons. The molecule has 0 unspecified atom stereocenters. The van der Waals surface area contributed by atoms with Crippen molar-refractivity contribution in [2.24, 2.45) is 5.41 Å². The lowest BCUT2D eigenvalue weighted by molar-refractivity contribution is 0.258. The zero-order valence-electron chi connectivity index (χ0n) is 16.9. The van der Waals surface area contributed by atoms with Crippen molar-refractivity contribution in [1.29, 1.82) is 0 Å². The highest BCUT2D eigenvalue weighted by molar-refractivity contribution is 7.60. The maximum Gasteiger partial charge on any atom is -0.00845 e. The second-order valence-corrected chi connectivity index (χ2v) is 13.7. The average molecular weight is 351 g/mol. The molecule has 1 heteroatoms. The molecule has 0 amide bonds. The molecule has 0 atom stereocenters. The third-order valence-electron chi connectivity index (χ3n) is 7.13. The van der Waals surface area contributed by atoms with Crippen LogP contribution in [0.15, 0.2) is 0 Å². The van der Waals surface area contributed by atoms with E-state index in [0.717, 1.165) is 16.5 Å². The molecule has 0 aromatic carbocycles. The number of rotatable bonds is 4. The van der Waals surface area contributed by atoms with E-state index >= 15 is 0 Å². The minimum Gasteiger partial charge on any atom is -0.0939 e. The predicted molar refractivity (Wildman–Crippen MR) is 111 cm³/mol. The van der Waals surface area contributed by atoms with Crippen LogP contribution < -0.4 is 0 Å². The Morgan fingerprint density at radius 3 is 1.50 bits per heavy atom. The maximum atomic E-state index is 2.53. The molecule has 0 aliphatic heterocycles. The molecule has 3 rings (SSSR count). The van der Waals surface area contributed by atoms with Gasteiger partial charge in [0.05, 0.1) is 0 Å². The molecule has 3 fully saturated rings. The highest BCUT2D eigenvalue weighted by atomic mass is 31.1. The minimum atomic E-state index is 0.236. The summed E-state index contributed by atoms with van der Waals surface area (Å²) in [4.78, 5) is 0. The minimum absolute atomic E-state index is 0.236. The molecule has 3 saturated carbocycles. The lowest BCUT2D eigenvalue weighted by Gasteiger charge is -2.54. The SMILES string of the molecule is CC(C)(C)CC1(P(C2CCCCC2)C2CCCCC2)CCCCC1. The van der Waals surface area contributed by atoms with E-state index in [1.165, 1.54) is 38.5 Å². The van der Waals surface area contributed by atoms with Crippen LogP contribution in [0.2, 0.25) is 0 Å². The van der Waals surface area contributed by atoms with E-state index in [4.69, 9.17) is 0 Å². The monoisotopic (exact) mass is 350 g/mol. The van der Waals surface area contributed by atoms with Gasteiger partial charge in [0, 0.05) is 0 Å². The van der Waals surface area contributed by atoms with E-state index in [1.807, 2.05) is 0 Å². The molecule has 3 aliphatic rings. The van der Waals surface area contributed by atoms with Gasteiger partial charge in [0.2, 0.25) is 0 Å². The van der Waals surface area contributed by atoms with E-state index < -0.39 is 0 Å². The van der Waals surface area contributed by atoms with E-state index in [1.54, 1.807) is 64.2 Å². The van der Waals surface area contributed by atoms with Crippen LogP contribution in [0.5, 0.6) is 0 Å². The van der Waals surface area contributed by atoms with Gasteiger partial charge in [-0.05, 0) is 66.8 Å². The lowest BCUT2D eigenvalue weighted by atomic mass is 9.77. The Morgan fingerprint density at radius 2 is 1.08 bits per heavy atom. The van der Waals surface area contributed by atoms with Crippen LogP contribution in [-0.2, 0) is 0 Å². The first-order valence-electron chi connectivity index (χ1n) is 11.3. The van der Waals surface area contributed by atoms with Crippen molar-refractivity contribution in [2.45, 2.75) is 140 Å². The van der Waals surface area contributed by atoms with Gasteiger partial charge in [0.1, 0.15) is 0 Å². The molecular formula is C23H43P. The van der Waals surface area contributed by atoms with Gasteiger partial charge in [-0.2, -0.15) is 0 Å². The summed E-state index contributed by atoms with van der Waals surface area (Å²) in [5.74, 6) is 0. The molecule has 0 heterocycles. The van der Waals surface area contributed by atoms with Crippen molar-refractivity contribution in [3.05, 3.63) is 0 Å². The summed E-state index contributed by atoms with van der Waals surface area (Å²) >= 11 is 0. The van der Waals surface area contributed by atoms with E-state index in [0.29, 0.717) is 5.41 Å². The molecule has 3 aliphatic carbocycles. The second kappa shape index (κ2) is 8.41. The summed E-state index contributed by atoms with van der Waals surface area (Å²) in [6, 6.07) is 0. The standard InChI is InChI=1S/C23H43P/c1-22(2,3)19-23(17-11-6-12-18-23)24(20-13-7-4-8-14-20)21-15-9-5-10-16-21/h20-21H,4-19H2,1-3H3. The zero-order chi connectivity index (χ0) is 17.0. The van der Waals surface area contributed by atoms with E-state index in [9.17, 15) is 0 Å². The normalized spacial score (nSPS) is 27.5. The topological polar surface area (TPSA) is 0 Å². The summed E-state index contributed by atoms with van der Waals surface area (Å²) in [5.41, 5.74) is 2.79. The quantitative estimate of drug-likeness (QED) is 0.447. The van der Waals surface area contributed by atoms with Crippen molar-refractivity contribution >= 4 is 7.92 Å².